The molecular weight excluding hydrogens is 224 g/mol. The molecule has 1 atom stereocenters. The van der Waals surface area contributed by atoms with Gasteiger partial charge in [-0.25, -0.2) is 0 Å². The molecule has 0 bridgehead atoms. The lowest BCUT2D eigenvalue weighted by atomic mass is 10.0. The Morgan fingerprint density at radius 2 is 2.17 bits per heavy atom. The van der Waals surface area contributed by atoms with E-state index in [0.717, 1.165) is 19.4 Å². The molecule has 1 aliphatic heterocycles. The summed E-state index contributed by atoms with van der Waals surface area (Å²) in [6.07, 6.45) is 2.24. The number of benzene rings is 1. The highest BCUT2D eigenvalue weighted by atomic mass is 16.2. The quantitative estimate of drug-likeness (QED) is 0.885. The van der Waals surface area contributed by atoms with E-state index in [1.807, 2.05) is 4.90 Å². The molecule has 1 aliphatic rings. The Labute approximate surface area is 109 Å². The van der Waals surface area contributed by atoms with Gasteiger partial charge in [0.1, 0.15) is 6.17 Å². The number of rotatable bonds is 4. The second-order valence-corrected chi connectivity index (χ2v) is 5.08. The number of nitrogens with zero attached hydrogens (tertiary/aromatic N) is 1. The van der Waals surface area contributed by atoms with Crippen molar-refractivity contribution in [2.45, 2.75) is 39.8 Å². The van der Waals surface area contributed by atoms with Crippen LogP contribution >= 0.6 is 0 Å². The standard InChI is InChI=1S/C15H22N2O/c1-4-5-8-17-14(18)10-16-15(17)13-7-6-11(2)9-12(13)3/h6-7,9,15-16H,4-5,8,10H2,1-3H3. The fraction of sp³-hybridized carbons (Fsp3) is 0.533. The molecule has 2 rings (SSSR count). The summed E-state index contributed by atoms with van der Waals surface area (Å²) < 4.78 is 0. The first-order valence-electron chi connectivity index (χ1n) is 6.73. The van der Waals surface area contributed by atoms with E-state index in [-0.39, 0.29) is 12.1 Å². The molecule has 0 radical (unpaired) electrons. The number of amides is 1. The van der Waals surface area contributed by atoms with E-state index in [1.54, 1.807) is 0 Å². The van der Waals surface area contributed by atoms with Crippen LogP contribution in [0.3, 0.4) is 0 Å². The minimum Gasteiger partial charge on any atom is -0.322 e. The topological polar surface area (TPSA) is 32.3 Å². The second kappa shape index (κ2) is 5.53. The van der Waals surface area contributed by atoms with Crippen molar-refractivity contribution in [3.63, 3.8) is 0 Å². The Hall–Kier alpha value is -1.35. The Bertz CT molecular complexity index is 442. The molecule has 0 aromatic heterocycles. The first-order valence-corrected chi connectivity index (χ1v) is 6.73. The molecule has 1 heterocycles. The number of carbonyl (C=O) groups is 1. The lowest BCUT2D eigenvalue weighted by Crippen LogP contribution is -2.31. The molecule has 98 valence electrons. The maximum absolute atomic E-state index is 11.9. The van der Waals surface area contributed by atoms with Gasteiger partial charge in [-0.3, -0.25) is 10.1 Å². The van der Waals surface area contributed by atoms with Crippen molar-refractivity contribution in [3.05, 3.63) is 34.9 Å². The second-order valence-electron chi connectivity index (χ2n) is 5.08. The molecule has 1 saturated heterocycles. The lowest BCUT2D eigenvalue weighted by molar-refractivity contribution is -0.128. The van der Waals surface area contributed by atoms with Gasteiger partial charge in [-0.2, -0.15) is 0 Å². The first kappa shape index (κ1) is 13.1. The number of carbonyl (C=O) groups excluding carboxylic acids is 1. The maximum Gasteiger partial charge on any atom is 0.238 e. The number of hydrogen-bond acceptors (Lipinski definition) is 2. The number of hydrogen-bond donors (Lipinski definition) is 1. The van der Waals surface area contributed by atoms with Crippen LogP contribution in [0.15, 0.2) is 18.2 Å². The average Bonchev–Trinajstić information content (AvgIpc) is 2.68. The van der Waals surface area contributed by atoms with Crippen LogP contribution in [-0.4, -0.2) is 23.9 Å². The molecule has 18 heavy (non-hydrogen) atoms. The van der Waals surface area contributed by atoms with Crippen LogP contribution in [0.5, 0.6) is 0 Å². The van der Waals surface area contributed by atoms with Crippen LogP contribution < -0.4 is 5.32 Å². The Kier molecular flexibility index (Phi) is 4.02. The molecule has 0 spiro atoms. The third kappa shape index (κ3) is 2.56. The molecule has 3 nitrogen and oxygen atoms in total. The van der Waals surface area contributed by atoms with Gasteiger partial charge in [0.25, 0.3) is 0 Å². The van der Waals surface area contributed by atoms with Gasteiger partial charge in [0.15, 0.2) is 0 Å². The van der Waals surface area contributed by atoms with Crippen molar-refractivity contribution in [2.75, 3.05) is 13.1 Å². The van der Waals surface area contributed by atoms with Crippen LogP contribution in [-0.2, 0) is 4.79 Å². The first-order chi connectivity index (χ1) is 8.63. The van der Waals surface area contributed by atoms with E-state index in [9.17, 15) is 4.79 Å². The zero-order chi connectivity index (χ0) is 13.1. The number of aryl methyl sites for hydroxylation is 2. The molecule has 1 amide bonds. The third-order valence-corrected chi connectivity index (χ3v) is 3.55. The van der Waals surface area contributed by atoms with Crippen LogP contribution in [0.1, 0.15) is 42.6 Å². The predicted octanol–water partition coefficient (Wildman–Crippen LogP) is 2.53. The summed E-state index contributed by atoms with van der Waals surface area (Å²) >= 11 is 0. The summed E-state index contributed by atoms with van der Waals surface area (Å²) in [7, 11) is 0. The summed E-state index contributed by atoms with van der Waals surface area (Å²) in [4.78, 5) is 13.9. The van der Waals surface area contributed by atoms with E-state index in [1.165, 1.54) is 16.7 Å². The van der Waals surface area contributed by atoms with Crippen LogP contribution in [0, 0.1) is 13.8 Å². The number of unbranched alkanes of at least 4 members (excludes halogenated alkanes) is 1. The highest BCUT2D eigenvalue weighted by Gasteiger charge is 2.31. The van der Waals surface area contributed by atoms with Gasteiger partial charge in [0.2, 0.25) is 5.91 Å². The van der Waals surface area contributed by atoms with Gasteiger partial charge < -0.3 is 4.90 Å². The van der Waals surface area contributed by atoms with Crippen molar-refractivity contribution in [1.82, 2.24) is 10.2 Å². The molecule has 0 aliphatic carbocycles. The minimum absolute atomic E-state index is 0.0599. The van der Waals surface area contributed by atoms with Crippen molar-refractivity contribution in [1.29, 1.82) is 0 Å². The van der Waals surface area contributed by atoms with Gasteiger partial charge in [-0.1, -0.05) is 37.1 Å². The van der Waals surface area contributed by atoms with Gasteiger partial charge in [-0.05, 0) is 31.4 Å². The predicted molar refractivity (Wildman–Crippen MR) is 73.3 cm³/mol. The maximum atomic E-state index is 11.9. The van der Waals surface area contributed by atoms with Crippen molar-refractivity contribution >= 4 is 5.91 Å². The molecule has 1 fully saturated rings. The Balaban J connectivity index is 2.22. The molecule has 1 aromatic rings. The molecule has 0 saturated carbocycles. The zero-order valence-electron chi connectivity index (χ0n) is 11.5. The van der Waals surface area contributed by atoms with E-state index in [4.69, 9.17) is 0 Å². The summed E-state index contributed by atoms with van der Waals surface area (Å²) in [5.41, 5.74) is 3.74. The fourth-order valence-electron chi connectivity index (χ4n) is 2.53. The number of nitrogens with one attached hydrogen (secondary N) is 1. The molecular formula is C15H22N2O. The van der Waals surface area contributed by atoms with Crippen LogP contribution in [0.25, 0.3) is 0 Å². The van der Waals surface area contributed by atoms with Crippen LogP contribution in [0.2, 0.25) is 0 Å². The fourth-order valence-corrected chi connectivity index (χ4v) is 2.53. The highest BCUT2D eigenvalue weighted by molar-refractivity contribution is 5.81. The SMILES string of the molecule is CCCCN1C(=O)CNC1c1ccc(C)cc1C. The third-order valence-electron chi connectivity index (χ3n) is 3.55. The Morgan fingerprint density at radius 1 is 1.39 bits per heavy atom. The largest absolute Gasteiger partial charge is 0.322 e. The zero-order valence-corrected chi connectivity index (χ0v) is 11.5. The summed E-state index contributed by atoms with van der Waals surface area (Å²) in [6.45, 7) is 7.67. The van der Waals surface area contributed by atoms with E-state index < -0.39 is 0 Å². The monoisotopic (exact) mass is 246 g/mol. The Morgan fingerprint density at radius 3 is 2.83 bits per heavy atom. The van der Waals surface area contributed by atoms with E-state index >= 15 is 0 Å². The summed E-state index contributed by atoms with van der Waals surface area (Å²) in [5, 5.41) is 3.32. The van der Waals surface area contributed by atoms with Gasteiger partial charge >= 0.3 is 0 Å². The lowest BCUT2D eigenvalue weighted by Gasteiger charge is -2.26. The average molecular weight is 246 g/mol. The summed E-state index contributed by atoms with van der Waals surface area (Å²) in [6, 6.07) is 6.43. The molecule has 1 unspecified atom stereocenters. The van der Waals surface area contributed by atoms with Crippen molar-refractivity contribution < 1.29 is 4.79 Å². The van der Waals surface area contributed by atoms with Crippen molar-refractivity contribution in [3.8, 4) is 0 Å². The smallest absolute Gasteiger partial charge is 0.238 e. The summed E-state index contributed by atoms with van der Waals surface area (Å²) in [5.74, 6) is 0.216. The van der Waals surface area contributed by atoms with Gasteiger partial charge in [0.05, 0.1) is 6.54 Å². The van der Waals surface area contributed by atoms with E-state index in [2.05, 4.69) is 44.3 Å². The van der Waals surface area contributed by atoms with Gasteiger partial charge in [-0.15, -0.1) is 0 Å². The van der Waals surface area contributed by atoms with Gasteiger partial charge in [0, 0.05) is 6.54 Å². The van der Waals surface area contributed by atoms with Crippen LogP contribution in [0.4, 0.5) is 0 Å². The minimum atomic E-state index is 0.0599. The normalized spacial score (nSPS) is 19.6. The van der Waals surface area contributed by atoms with Crippen molar-refractivity contribution in [2.24, 2.45) is 0 Å². The van der Waals surface area contributed by atoms with E-state index in [0.29, 0.717) is 6.54 Å². The molecule has 3 heteroatoms. The molecule has 1 aromatic carbocycles. The molecule has 1 N–H and O–H groups in total. The highest BCUT2D eigenvalue weighted by Crippen LogP contribution is 2.26.